The predicted octanol–water partition coefficient (Wildman–Crippen LogP) is 4.70. The van der Waals surface area contributed by atoms with Crippen LogP contribution in [-0.4, -0.2) is 27.1 Å². The highest BCUT2D eigenvalue weighted by Gasteiger charge is 2.24. The number of nitrogens with one attached hydrogen (secondary N) is 1. The van der Waals surface area contributed by atoms with E-state index in [1.54, 1.807) is 18.5 Å². The van der Waals surface area contributed by atoms with Crippen molar-refractivity contribution in [2.24, 2.45) is 11.7 Å². The number of halogens is 2. The second kappa shape index (κ2) is 7.60. The zero-order valence-corrected chi connectivity index (χ0v) is 15.7. The topological polar surface area (TPSA) is 76.8 Å². The van der Waals surface area contributed by atoms with Crippen molar-refractivity contribution in [1.29, 1.82) is 0 Å². The van der Waals surface area contributed by atoms with Gasteiger partial charge in [0.1, 0.15) is 18.0 Å². The molecule has 0 saturated carbocycles. The number of alkyl halides is 2. The van der Waals surface area contributed by atoms with Gasteiger partial charge in [0, 0.05) is 28.9 Å². The number of nitrogens with two attached hydrogens (primary N) is 1. The van der Waals surface area contributed by atoms with Crippen LogP contribution in [0.2, 0.25) is 0 Å². The van der Waals surface area contributed by atoms with Crippen molar-refractivity contribution >= 4 is 11.0 Å². The predicted molar refractivity (Wildman–Crippen MR) is 102 cm³/mol. The molecule has 3 aromatic heterocycles. The first-order valence-corrected chi connectivity index (χ1v) is 8.89. The fourth-order valence-corrected chi connectivity index (χ4v) is 3.30. The van der Waals surface area contributed by atoms with E-state index in [4.69, 9.17) is 10.5 Å². The maximum atomic E-state index is 13.6. The van der Waals surface area contributed by atoms with Crippen LogP contribution in [0.25, 0.3) is 22.3 Å². The summed E-state index contributed by atoms with van der Waals surface area (Å²) in [4.78, 5) is 11.6. The van der Waals surface area contributed by atoms with Crippen molar-refractivity contribution in [2.75, 3.05) is 6.61 Å². The molecule has 3 rings (SSSR count). The average molecular weight is 374 g/mol. The summed E-state index contributed by atoms with van der Waals surface area (Å²) in [7, 11) is 0. The van der Waals surface area contributed by atoms with E-state index in [1.165, 1.54) is 12.3 Å². The SMILES string of the molecule is CC(C)C[C@](C)(N)COc1cnc(-c2c[nH]c3ncccc23)cc1C(F)F. The lowest BCUT2D eigenvalue weighted by Gasteiger charge is -2.27. The van der Waals surface area contributed by atoms with Gasteiger partial charge in [0.15, 0.2) is 0 Å². The number of rotatable bonds is 7. The lowest BCUT2D eigenvalue weighted by molar-refractivity contribution is 0.139. The molecular formula is C20H24F2N4O. The smallest absolute Gasteiger partial charge is 0.267 e. The number of hydrogen-bond donors (Lipinski definition) is 2. The lowest BCUT2D eigenvalue weighted by atomic mass is 9.93. The Bertz CT molecular complexity index is 921. The van der Waals surface area contributed by atoms with Crippen molar-refractivity contribution in [1.82, 2.24) is 15.0 Å². The maximum absolute atomic E-state index is 13.6. The summed E-state index contributed by atoms with van der Waals surface area (Å²) >= 11 is 0. The molecule has 0 amide bonds. The number of nitrogens with zero attached hydrogens (tertiary/aromatic N) is 2. The molecule has 0 bridgehead atoms. The minimum absolute atomic E-state index is 0.0622. The van der Waals surface area contributed by atoms with E-state index >= 15 is 0 Å². The Hall–Kier alpha value is -2.54. The summed E-state index contributed by atoms with van der Waals surface area (Å²) in [5, 5.41) is 0.824. The van der Waals surface area contributed by atoms with Gasteiger partial charge in [-0.15, -0.1) is 0 Å². The van der Waals surface area contributed by atoms with E-state index < -0.39 is 12.0 Å². The Morgan fingerprint density at radius 2 is 2.07 bits per heavy atom. The molecule has 144 valence electrons. The molecule has 3 heterocycles. The number of pyridine rings is 2. The molecule has 0 aliphatic rings. The standard InChI is InChI=1S/C20H24F2N4O/c1-12(2)8-20(3,23)11-27-17-10-25-16(7-14(17)18(21)22)15-9-26-19-13(15)5-4-6-24-19/h4-7,9-10,12,18H,8,11,23H2,1-3H3,(H,24,26)/t20-/m0/s1. The van der Waals surface area contributed by atoms with Crippen molar-refractivity contribution < 1.29 is 13.5 Å². The van der Waals surface area contributed by atoms with Crippen molar-refractivity contribution in [2.45, 2.75) is 39.2 Å². The second-order valence-corrected chi connectivity index (χ2v) is 7.55. The molecule has 0 unspecified atom stereocenters. The monoisotopic (exact) mass is 374 g/mol. The van der Waals surface area contributed by atoms with Gasteiger partial charge in [0.2, 0.25) is 0 Å². The van der Waals surface area contributed by atoms with Crippen LogP contribution in [0.5, 0.6) is 5.75 Å². The molecule has 0 aliphatic heterocycles. The molecule has 7 heteroatoms. The minimum atomic E-state index is -2.68. The van der Waals surface area contributed by atoms with E-state index in [9.17, 15) is 8.78 Å². The Kier molecular flexibility index (Phi) is 5.41. The van der Waals surface area contributed by atoms with Crippen LogP contribution in [0, 0.1) is 5.92 Å². The number of hydrogen-bond acceptors (Lipinski definition) is 4. The first-order valence-electron chi connectivity index (χ1n) is 8.89. The minimum Gasteiger partial charge on any atom is -0.490 e. The Morgan fingerprint density at radius 3 is 2.78 bits per heavy atom. The van der Waals surface area contributed by atoms with E-state index in [1.807, 2.05) is 13.0 Å². The van der Waals surface area contributed by atoms with Gasteiger partial charge in [-0.05, 0) is 37.5 Å². The molecule has 0 aromatic carbocycles. The van der Waals surface area contributed by atoms with Crippen LogP contribution in [-0.2, 0) is 0 Å². The summed E-state index contributed by atoms with van der Waals surface area (Å²) in [6.07, 6.45) is 2.77. The number of H-pyrrole nitrogens is 1. The lowest BCUT2D eigenvalue weighted by Crippen LogP contribution is -2.43. The van der Waals surface area contributed by atoms with Crippen molar-refractivity contribution in [3.05, 3.63) is 42.4 Å². The molecule has 0 saturated heterocycles. The number of fused-ring (bicyclic) bond motifs is 1. The molecule has 27 heavy (non-hydrogen) atoms. The third kappa shape index (κ3) is 4.42. The van der Waals surface area contributed by atoms with Gasteiger partial charge < -0.3 is 15.5 Å². The van der Waals surface area contributed by atoms with E-state index in [0.29, 0.717) is 17.3 Å². The van der Waals surface area contributed by atoms with Crippen molar-refractivity contribution in [3.8, 4) is 17.0 Å². The highest BCUT2D eigenvalue weighted by molar-refractivity contribution is 5.92. The van der Waals surface area contributed by atoms with Crippen LogP contribution in [0.15, 0.2) is 36.8 Å². The third-order valence-electron chi connectivity index (χ3n) is 4.29. The van der Waals surface area contributed by atoms with E-state index in [-0.39, 0.29) is 17.9 Å². The third-order valence-corrected chi connectivity index (χ3v) is 4.29. The highest BCUT2D eigenvalue weighted by Crippen LogP contribution is 2.34. The van der Waals surface area contributed by atoms with Gasteiger partial charge in [-0.1, -0.05) is 13.8 Å². The Balaban J connectivity index is 1.89. The first-order chi connectivity index (χ1) is 12.8. The molecule has 0 spiro atoms. The van der Waals surface area contributed by atoms with E-state index in [2.05, 4.69) is 28.8 Å². The second-order valence-electron chi connectivity index (χ2n) is 7.55. The van der Waals surface area contributed by atoms with Crippen LogP contribution in [0.3, 0.4) is 0 Å². The zero-order valence-electron chi connectivity index (χ0n) is 15.7. The molecule has 3 N–H and O–H groups in total. The summed E-state index contributed by atoms with van der Waals surface area (Å²) in [6.45, 7) is 6.11. The Labute approximate surface area is 157 Å². The molecule has 0 fully saturated rings. The molecule has 5 nitrogen and oxygen atoms in total. The molecule has 0 radical (unpaired) electrons. The van der Waals surface area contributed by atoms with Gasteiger partial charge >= 0.3 is 0 Å². The van der Waals surface area contributed by atoms with Gasteiger partial charge in [-0.3, -0.25) is 4.98 Å². The summed E-state index contributed by atoms with van der Waals surface area (Å²) < 4.78 is 32.9. The molecular weight excluding hydrogens is 350 g/mol. The highest BCUT2D eigenvalue weighted by atomic mass is 19.3. The van der Waals surface area contributed by atoms with Crippen LogP contribution >= 0.6 is 0 Å². The van der Waals surface area contributed by atoms with Gasteiger partial charge in [-0.2, -0.15) is 0 Å². The van der Waals surface area contributed by atoms with Crippen LogP contribution in [0.4, 0.5) is 8.78 Å². The quantitative estimate of drug-likeness (QED) is 0.628. The van der Waals surface area contributed by atoms with Crippen molar-refractivity contribution in [3.63, 3.8) is 0 Å². The summed E-state index contributed by atoms with van der Waals surface area (Å²) in [5.74, 6) is 0.446. The number of aromatic nitrogens is 3. The fourth-order valence-electron chi connectivity index (χ4n) is 3.30. The molecule has 0 aliphatic carbocycles. The summed E-state index contributed by atoms with van der Waals surface area (Å²) in [6, 6.07) is 5.03. The Morgan fingerprint density at radius 1 is 1.30 bits per heavy atom. The van der Waals surface area contributed by atoms with E-state index in [0.717, 1.165) is 17.4 Å². The molecule has 1 atom stereocenters. The number of aromatic amines is 1. The van der Waals surface area contributed by atoms with Crippen LogP contribution in [0.1, 0.15) is 39.2 Å². The van der Waals surface area contributed by atoms with Gasteiger partial charge in [0.25, 0.3) is 6.43 Å². The summed E-state index contributed by atoms with van der Waals surface area (Å²) in [5.41, 5.74) is 7.26. The fraction of sp³-hybridized carbons (Fsp3) is 0.400. The normalized spacial score (nSPS) is 14.1. The number of ether oxygens (including phenoxy) is 1. The van der Waals surface area contributed by atoms with Gasteiger partial charge in [0.05, 0.1) is 17.5 Å². The largest absolute Gasteiger partial charge is 0.490 e. The average Bonchev–Trinajstić information content (AvgIpc) is 3.03. The zero-order chi connectivity index (χ0) is 19.6. The first kappa shape index (κ1) is 19.2. The maximum Gasteiger partial charge on any atom is 0.267 e. The molecule has 3 aromatic rings. The van der Waals surface area contributed by atoms with Gasteiger partial charge in [-0.25, -0.2) is 13.8 Å². The van der Waals surface area contributed by atoms with Crippen LogP contribution < -0.4 is 10.5 Å².